The summed E-state index contributed by atoms with van der Waals surface area (Å²) in [5.74, 6) is 0.0751. The molecule has 0 spiro atoms. The highest BCUT2D eigenvalue weighted by molar-refractivity contribution is 5.78. The Kier molecular flexibility index (Phi) is 3.43. The quantitative estimate of drug-likeness (QED) is 0.797. The molecule has 1 aliphatic rings. The molecule has 3 heteroatoms. The molecule has 0 aliphatic carbocycles. The van der Waals surface area contributed by atoms with Gasteiger partial charge in [-0.3, -0.25) is 4.79 Å². The first-order chi connectivity index (χ1) is 8.22. The maximum Gasteiger partial charge on any atom is 0.223 e. The van der Waals surface area contributed by atoms with Crippen molar-refractivity contribution in [2.45, 2.75) is 32.4 Å². The predicted molar refractivity (Wildman–Crippen MR) is 64.8 cm³/mol. The van der Waals surface area contributed by atoms with Crippen LogP contribution < -0.4 is 0 Å². The predicted octanol–water partition coefficient (Wildman–Crippen LogP) is 2.34. The van der Waals surface area contributed by atoms with Crippen molar-refractivity contribution in [1.29, 1.82) is 5.26 Å². The summed E-state index contributed by atoms with van der Waals surface area (Å²) in [7, 11) is 0. The van der Waals surface area contributed by atoms with Crippen molar-refractivity contribution in [2.75, 3.05) is 0 Å². The van der Waals surface area contributed by atoms with Gasteiger partial charge in [0, 0.05) is 19.0 Å². The first-order valence-corrected chi connectivity index (χ1v) is 5.95. The third-order valence-electron chi connectivity index (χ3n) is 3.35. The SMILES string of the molecule is CC(C#N)C1CCC(=O)N1Cc1ccccc1. The molecule has 3 nitrogen and oxygen atoms in total. The molecular formula is C14H16N2O. The maximum absolute atomic E-state index is 11.8. The molecule has 1 aromatic carbocycles. The standard InChI is InChI=1S/C14H16N2O/c1-11(9-15)13-7-8-14(17)16(13)10-12-5-3-2-4-6-12/h2-6,11,13H,7-8,10H2,1H3. The number of rotatable bonds is 3. The zero-order chi connectivity index (χ0) is 12.3. The number of carbonyl (C=O) groups is 1. The Morgan fingerprint density at radius 1 is 1.47 bits per heavy atom. The van der Waals surface area contributed by atoms with Crippen molar-refractivity contribution < 1.29 is 4.79 Å². The molecule has 17 heavy (non-hydrogen) atoms. The molecule has 1 aliphatic heterocycles. The Balaban J connectivity index is 2.13. The zero-order valence-corrected chi connectivity index (χ0v) is 9.97. The monoisotopic (exact) mass is 228 g/mol. The fourth-order valence-electron chi connectivity index (χ4n) is 2.35. The fraction of sp³-hybridized carbons (Fsp3) is 0.429. The summed E-state index contributed by atoms with van der Waals surface area (Å²) in [6.07, 6.45) is 1.38. The van der Waals surface area contributed by atoms with Crippen LogP contribution in [0, 0.1) is 17.2 Å². The van der Waals surface area contributed by atoms with Crippen LogP contribution in [-0.4, -0.2) is 16.8 Å². The van der Waals surface area contributed by atoms with Gasteiger partial charge in [0.05, 0.1) is 12.0 Å². The summed E-state index contributed by atoms with van der Waals surface area (Å²) >= 11 is 0. The van der Waals surface area contributed by atoms with Gasteiger partial charge in [-0.05, 0) is 18.9 Å². The molecule has 2 atom stereocenters. The van der Waals surface area contributed by atoms with Gasteiger partial charge in [0.15, 0.2) is 0 Å². The Labute approximate surface area is 102 Å². The van der Waals surface area contributed by atoms with Gasteiger partial charge in [-0.1, -0.05) is 30.3 Å². The van der Waals surface area contributed by atoms with E-state index in [4.69, 9.17) is 5.26 Å². The lowest BCUT2D eigenvalue weighted by molar-refractivity contribution is -0.129. The van der Waals surface area contributed by atoms with Crippen LogP contribution in [0.5, 0.6) is 0 Å². The van der Waals surface area contributed by atoms with Crippen molar-refractivity contribution >= 4 is 5.91 Å². The van der Waals surface area contributed by atoms with E-state index < -0.39 is 0 Å². The minimum atomic E-state index is -0.0924. The van der Waals surface area contributed by atoms with Gasteiger partial charge >= 0.3 is 0 Å². The second-order valence-electron chi connectivity index (χ2n) is 4.53. The summed E-state index contributed by atoms with van der Waals surface area (Å²) < 4.78 is 0. The Morgan fingerprint density at radius 3 is 2.82 bits per heavy atom. The van der Waals surface area contributed by atoms with E-state index in [-0.39, 0.29) is 17.9 Å². The Hall–Kier alpha value is -1.82. The second kappa shape index (κ2) is 5.01. The summed E-state index contributed by atoms with van der Waals surface area (Å²) in [5, 5.41) is 8.98. The van der Waals surface area contributed by atoms with Crippen LogP contribution in [0.4, 0.5) is 0 Å². The molecule has 0 radical (unpaired) electrons. The third kappa shape index (κ3) is 2.47. The molecule has 1 fully saturated rings. The highest BCUT2D eigenvalue weighted by atomic mass is 16.2. The number of benzene rings is 1. The van der Waals surface area contributed by atoms with Gasteiger partial charge in [-0.15, -0.1) is 0 Å². The fourth-order valence-corrected chi connectivity index (χ4v) is 2.35. The van der Waals surface area contributed by atoms with Crippen LogP contribution in [-0.2, 0) is 11.3 Å². The average Bonchev–Trinajstić information content (AvgIpc) is 2.72. The van der Waals surface area contributed by atoms with E-state index in [9.17, 15) is 4.79 Å². The van der Waals surface area contributed by atoms with Crippen molar-refractivity contribution in [3.63, 3.8) is 0 Å². The summed E-state index contributed by atoms with van der Waals surface area (Å²) in [5.41, 5.74) is 1.12. The minimum absolute atomic E-state index is 0.0766. The first kappa shape index (κ1) is 11.7. The average molecular weight is 228 g/mol. The molecule has 0 N–H and O–H groups in total. The first-order valence-electron chi connectivity index (χ1n) is 5.95. The van der Waals surface area contributed by atoms with E-state index in [1.807, 2.05) is 42.2 Å². The van der Waals surface area contributed by atoms with Crippen molar-refractivity contribution in [1.82, 2.24) is 4.90 Å². The topological polar surface area (TPSA) is 44.1 Å². The number of carbonyl (C=O) groups excluding carboxylic acids is 1. The van der Waals surface area contributed by atoms with Gasteiger partial charge in [-0.2, -0.15) is 5.26 Å². The number of amides is 1. The van der Waals surface area contributed by atoms with E-state index in [1.165, 1.54) is 0 Å². The van der Waals surface area contributed by atoms with Crippen molar-refractivity contribution in [3.8, 4) is 6.07 Å². The van der Waals surface area contributed by atoms with Gasteiger partial charge in [-0.25, -0.2) is 0 Å². The smallest absolute Gasteiger partial charge is 0.223 e. The molecule has 1 saturated heterocycles. The van der Waals surface area contributed by atoms with Gasteiger partial charge in [0.25, 0.3) is 0 Å². The number of nitrogens with zero attached hydrogens (tertiary/aromatic N) is 2. The number of likely N-dealkylation sites (tertiary alicyclic amines) is 1. The molecule has 2 unspecified atom stereocenters. The lowest BCUT2D eigenvalue weighted by Crippen LogP contribution is -2.36. The van der Waals surface area contributed by atoms with Gasteiger partial charge in [0.2, 0.25) is 5.91 Å². The van der Waals surface area contributed by atoms with E-state index in [0.717, 1.165) is 12.0 Å². The molecular weight excluding hydrogens is 212 g/mol. The molecule has 0 saturated carbocycles. The van der Waals surface area contributed by atoms with Crippen LogP contribution in [0.25, 0.3) is 0 Å². The Morgan fingerprint density at radius 2 is 2.18 bits per heavy atom. The van der Waals surface area contributed by atoms with E-state index in [0.29, 0.717) is 13.0 Å². The van der Waals surface area contributed by atoms with Crippen molar-refractivity contribution in [2.24, 2.45) is 5.92 Å². The van der Waals surface area contributed by atoms with E-state index in [1.54, 1.807) is 0 Å². The minimum Gasteiger partial charge on any atom is -0.334 e. The van der Waals surface area contributed by atoms with E-state index >= 15 is 0 Å². The van der Waals surface area contributed by atoms with Crippen LogP contribution >= 0.6 is 0 Å². The molecule has 0 aromatic heterocycles. The van der Waals surface area contributed by atoms with Crippen LogP contribution in [0.15, 0.2) is 30.3 Å². The van der Waals surface area contributed by atoms with Crippen molar-refractivity contribution in [3.05, 3.63) is 35.9 Å². The number of hydrogen-bond acceptors (Lipinski definition) is 2. The largest absolute Gasteiger partial charge is 0.334 e. The maximum atomic E-state index is 11.8. The van der Waals surface area contributed by atoms with Crippen LogP contribution in [0.2, 0.25) is 0 Å². The molecule has 88 valence electrons. The summed E-state index contributed by atoms with van der Waals surface area (Å²) in [6.45, 7) is 2.51. The highest BCUT2D eigenvalue weighted by Gasteiger charge is 2.34. The zero-order valence-electron chi connectivity index (χ0n) is 9.97. The molecule has 0 bridgehead atoms. The lowest BCUT2D eigenvalue weighted by atomic mass is 10.0. The second-order valence-corrected chi connectivity index (χ2v) is 4.53. The lowest BCUT2D eigenvalue weighted by Gasteiger charge is -2.26. The van der Waals surface area contributed by atoms with Gasteiger partial charge in [0.1, 0.15) is 0 Å². The molecule has 1 heterocycles. The number of hydrogen-bond donors (Lipinski definition) is 0. The molecule has 1 amide bonds. The number of nitriles is 1. The summed E-state index contributed by atoms with van der Waals surface area (Å²) in [4.78, 5) is 13.7. The molecule has 1 aromatic rings. The molecule has 2 rings (SSSR count). The highest BCUT2D eigenvalue weighted by Crippen LogP contribution is 2.26. The van der Waals surface area contributed by atoms with E-state index in [2.05, 4.69) is 6.07 Å². The normalized spacial score (nSPS) is 21.3. The van der Waals surface area contributed by atoms with Crippen LogP contribution in [0.1, 0.15) is 25.3 Å². The summed E-state index contributed by atoms with van der Waals surface area (Å²) in [6, 6.07) is 12.3. The van der Waals surface area contributed by atoms with Gasteiger partial charge < -0.3 is 4.90 Å². The van der Waals surface area contributed by atoms with Crippen LogP contribution in [0.3, 0.4) is 0 Å². The third-order valence-corrected chi connectivity index (χ3v) is 3.35. The Bertz CT molecular complexity index is 435.